The van der Waals surface area contributed by atoms with E-state index in [0.29, 0.717) is 10.5 Å². The van der Waals surface area contributed by atoms with E-state index in [1.54, 1.807) is 23.1 Å². The van der Waals surface area contributed by atoms with E-state index >= 15 is 0 Å². The molecule has 0 spiro atoms. The van der Waals surface area contributed by atoms with Gasteiger partial charge in [-0.05, 0) is 46.1 Å². The van der Waals surface area contributed by atoms with Crippen LogP contribution in [-0.2, 0) is 4.79 Å². The monoisotopic (exact) mass is 318 g/mol. The lowest BCUT2D eigenvalue weighted by molar-refractivity contribution is -0.126. The van der Waals surface area contributed by atoms with Crippen LogP contribution in [0.4, 0.5) is 0 Å². The van der Waals surface area contributed by atoms with Crippen molar-refractivity contribution in [2.45, 2.75) is 12.8 Å². The zero-order valence-electron chi connectivity index (χ0n) is 9.32. The summed E-state index contributed by atoms with van der Waals surface area (Å²) in [5, 5.41) is -0.540. The highest BCUT2D eigenvalue weighted by Gasteiger charge is 2.14. The Balaban J connectivity index is 0.000000181. The highest BCUT2D eigenvalue weighted by Crippen LogP contribution is 2.07. The standard InChI is InChI=1S/C6H3BrClNO.C5H9NO/c7-5-3-1-2-4(9-5)6(8)10;1-6-4-2-3-5(6)7/h1-3H;2-4H2,1H3. The molecule has 2 heterocycles. The summed E-state index contributed by atoms with van der Waals surface area (Å²) in [6.07, 6.45) is 1.81. The molecule has 0 bridgehead atoms. The molecule has 2 rings (SSSR count). The molecule has 4 nitrogen and oxygen atoms in total. The second kappa shape index (κ2) is 6.71. The predicted octanol–water partition coefficient (Wildman–Crippen LogP) is 2.46. The molecule has 0 unspecified atom stereocenters. The number of pyridine rings is 1. The maximum atomic E-state index is 10.5. The molecule has 1 aromatic rings. The highest BCUT2D eigenvalue weighted by molar-refractivity contribution is 9.10. The van der Waals surface area contributed by atoms with E-state index in [-0.39, 0.29) is 5.69 Å². The first-order valence-electron chi connectivity index (χ1n) is 5.07. The van der Waals surface area contributed by atoms with E-state index < -0.39 is 5.24 Å². The van der Waals surface area contributed by atoms with E-state index in [4.69, 9.17) is 11.6 Å². The van der Waals surface area contributed by atoms with Gasteiger partial charge in [0.15, 0.2) is 0 Å². The minimum Gasteiger partial charge on any atom is -0.346 e. The first kappa shape index (κ1) is 14.1. The van der Waals surface area contributed by atoms with Crippen LogP contribution in [0.25, 0.3) is 0 Å². The van der Waals surface area contributed by atoms with Crippen LogP contribution in [0, 0.1) is 0 Å². The Labute approximate surface area is 113 Å². The highest BCUT2D eigenvalue weighted by atomic mass is 79.9. The van der Waals surface area contributed by atoms with Crippen molar-refractivity contribution in [1.82, 2.24) is 9.88 Å². The molecule has 0 aromatic carbocycles. The second-order valence-electron chi connectivity index (χ2n) is 3.54. The maximum Gasteiger partial charge on any atom is 0.270 e. The van der Waals surface area contributed by atoms with Crippen molar-refractivity contribution in [2.24, 2.45) is 0 Å². The molecule has 0 aliphatic carbocycles. The lowest BCUT2D eigenvalue weighted by atomic mass is 10.4. The van der Waals surface area contributed by atoms with Crippen LogP contribution < -0.4 is 0 Å². The summed E-state index contributed by atoms with van der Waals surface area (Å²) in [5.74, 6) is 0.292. The van der Waals surface area contributed by atoms with E-state index in [2.05, 4.69) is 20.9 Å². The van der Waals surface area contributed by atoms with Gasteiger partial charge in [-0.2, -0.15) is 0 Å². The van der Waals surface area contributed by atoms with Crippen LogP contribution in [0.3, 0.4) is 0 Å². The summed E-state index contributed by atoms with van der Waals surface area (Å²) in [4.78, 5) is 26.6. The summed E-state index contributed by atoms with van der Waals surface area (Å²) in [5.41, 5.74) is 0.260. The van der Waals surface area contributed by atoms with Crippen molar-refractivity contribution in [1.29, 1.82) is 0 Å². The molecular weight excluding hydrogens is 307 g/mol. The van der Waals surface area contributed by atoms with Gasteiger partial charge in [0.2, 0.25) is 5.91 Å². The van der Waals surface area contributed by atoms with Gasteiger partial charge in [0.05, 0.1) is 0 Å². The molecule has 0 saturated carbocycles. The molecule has 17 heavy (non-hydrogen) atoms. The third-order valence-corrected chi connectivity index (χ3v) is 2.86. The van der Waals surface area contributed by atoms with E-state index in [9.17, 15) is 9.59 Å². The Morgan fingerprint density at radius 2 is 2.24 bits per heavy atom. The molecule has 1 amide bonds. The first-order valence-corrected chi connectivity index (χ1v) is 6.24. The van der Waals surface area contributed by atoms with Gasteiger partial charge in [-0.25, -0.2) is 4.98 Å². The van der Waals surface area contributed by atoms with Crippen molar-refractivity contribution in [3.05, 3.63) is 28.5 Å². The molecule has 1 saturated heterocycles. The number of halogens is 2. The SMILES string of the molecule is CN1CCCC1=O.O=C(Cl)c1cccc(Br)n1. The normalized spacial score (nSPS) is 14.3. The number of nitrogens with zero attached hydrogens (tertiary/aromatic N) is 2. The van der Waals surface area contributed by atoms with Crippen LogP contribution in [0.15, 0.2) is 22.8 Å². The number of hydrogen-bond donors (Lipinski definition) is 0. The average Bonchev–Trinajstić information content (AvgIpc) is 2.64. The predicted molar refractivity (Wildman–Crippen MR) is 69.0 cm³/mol. The smallest absolute Gasteiger partial charge is 0.270 e. The van der Waals surface area contributed by atoms with Crippen LogP contribution >= 0.6 is 27.5 Å². The van der Waals surface area contributed by atoms with Crippen molar-refractivity contribution < 1.29 is 9.59 Å². The zero-order chi connectivity index (χ0) is 12.8. The Kier molecular flexibility index (Phi) is 5.58. The van der Waals surface area contributed by atoms with Crippen molar-refractivity contribution in [3.8, 4) is 0 Å². The molecule has 0 atom stereocenters. The summed E-state index contributed by atoms with van der Waals surface area (Å²) in [6.45, 7) is 0.957. The Morgan fingerprint density at radius 1 is 1.53 bits per heavy atom. The van der Waals surface area contributed by atoms with Crippen LogP contribution in [0.1, 0.15) is 23.3 Å². The zero-order valence-corrected chi connectivity index (χ0v) is 11.7. The van der Waals surface area contributed by atoms with Gasteiger partial charge in [0.25, 0.3) is 5.24 Å². The molecule has 1 aliphatic rings. The largest absolute Gasteiger partial charge is 0.346 e. The van der Waals surface area contributed by atoms with E-state index in [1.165, 1.54) is 0 Å². The first-order chi connectivity index (χ1) is 8.00. The number of rotatable bonds is 1. The number of hydrogen-bond acceptors (Lipinski definition) is 3. The van der Waals surface area contributed by atoms with E-state index in [0.717, 1.165) is 19.4 Å². The van der Waals surface area contributed by atoms with Gasteiger partial charge in [0.1, 0.15) is 10.3 Å². The fraction of sp³-hybridized carbons (Fsp3) is 0.364. The third kappa shape index (κ3) is 4.83. The Hall–Kier alpha value is -0.940. The van der Waals surface area contributed by atoms with Gasteiger partial charge in [0, 0.05) is 20.0 Å². The maximum absolute atomic E-state index is 10.5. The van der Waals surface area contributed by atoms with Gasteiger partial charge < -0.3 is 4.90 Å². The average molecular weight is 320 g/mol. The van der Waals surface area contributed by atoms with Gasteiger partial charge >= 0.3 is 0 Å². The van der Waals surface area contributed by atoms with Crippen LogP contribution in [-0.4, -0.2) is 34.6 Å². The summed E-state index contributed by atoms with van der Waals surface area (Å²) >= 11 is 8.26. The molecule has 92 valence electrons. The molecular formula is C11H12BrClN2O2. The molecule has 0 N–H and O–H groups in total. The van der Waals surface area contributed by atoms with Crippen molar-refractivity contribution in [3.63, 3.8) is 0 Å². The minimum atomic E-state index is -0.540. The van der Waals surface area contributed by atoms with Gasteiger partial charge in [-0.15, -0.1) is 0 Å². The minimum absolute atomic E-state index is 0.260. The number of likely N-dealkylation sites (tertiary alicyclic amines) is 1. The molecule has 1 aromatic heterocycles. The number of carbonyl (C=O) groups excluding carboxylic acids is 2. The topological polar surface area (TPSA) is 50.3 Å². The van der Waals surface area contributed by atoms with Crippen LogP contribution in [0.5, 0.6) is 0 Å². The fourth-order valence-electron chi connectivity index (χ4n) is 1.30. The Bertz CT molecular complexity index is 426. The van der Waals surface area contributed by atoms with Gasteiger partial charge in [-0.3, -0.25) is 9.59 Å². The number of aromatic nitrogens is 1. The summed E-state index contributed by atoms with van der Waals surface area (Å²) < 4.78 is 0.610. The van der Waals surface area contributed by atoms with Crippen molar-refractivity contribution in [2.75, 3.05) is 13.6 Å². The summed E-state index contributed by atoms with van der Waals surface area (Å²) in [6, 6.07) is 4.98. The second-order valence-corrected chi connectivity index (χ2v) is 4.69. The van der Waals surface area contributed by atoms with Crippen LogP contribution in [0.2, 0.25) is 0 Å². The Morgan fingerprint density at radius 3 is 2.53 bits per heavy atom. The fourth-order valence-corrected chi connectivity index (χ4v) is 1.75. The number of carbonyl (C=O) groups is 2. The van der Waals surface area contributed by atoms with Crippen molar-refractivity contribution >= 4 is 38.7 Å². The van der Waals surface area contributed by atoms with Gasteiger partial charge in [-0.1, -0.05) is 6.07 Å². The third-order valence-electron chi connectivity index (χ3n) is 2.23. The lowest BCUT2D eigenvalue weighted by Crippen LogP contribution is -2.17. The lowest BCUT2D eigenvalue weighted by Gasteiger charge is -2.03. The summed E-state index contributed by atoms with van der Waals surface area (Å²) in [7, 11) is 1.84. The number of amides is 1. The molecule has 1 aliphatic heterocycles. The van der Waals surface area contributed by atoms with E-state index in [1.807, 2.05) is 7.05 Å². The molecule has 1 fully saturated rings. The molecule has 0 radical (unpaired) electrons. The molecule has 6 heteroatoms. The quantitative estimate of drug-likeness (QED) is 0.590.